The number of rotatable bonds is 4. The predicted octanol–water partition coefficient (Wildman–Crippen LogP) is 9.38. The zero-order valence-electron chi connectivity index (χ0n) is 20.2. The molecule has 1 heteroatoms. The van der Waals surface area contributed by atoms with Crippen LogP contribution in [0.3, 0.4) is 0 Å². The minimum Gasteiger partial charge on any atom is -0.455 e. The second kappa shape index (κ2) is 8.92. The number of allylic oxidation sites excluding steroid dienone is 2. The zero-order valence-corrected chi connectivity index (χ0v) is 20.2. The third kappa shape index (κ3) is 4.04. The summed E-state index contributed by atoms with van der Waals surface area (Å²) in [6.07, 6.45) is 1.89. The lowest BCUT2D eigenvalue weighted by atomic mass is 9.85. The molecule has 6 rings (SSSR count). The standard InChI is InChI=1S/C34H28O/c1-23-21-31-32(22-24(23)2)34(30-19-15-28(16-20-30)26-11-7-4-8-12-26)35-33(31)29-17-13-27(14-18-29)25-9-5-3-6-10-25/h3-20H,21-22H2,1-2H3. The van der Waals surface area contributed by atoms with E-state index in [2.05, 4.69) is 123 Å². The van der Waals surface area contributed by atoms with E-state index in [1.165, 1.54) is 44.5 Å². The third-order valence-electron chi connectivity index (χ3n) is 7.24. The first-order valence-corrected chi connectivity index (χ1v) is 12.3. The molecular formula is C34H28O. The molecule has 0 saturated heterocycles. The lowest BCUT2D eigenvalue weighted by molar-refractivity contribution is 0.593. The van der Waals surface area contributed by atoms with Crippen molar-refractivity contribution >= 4 is 0 Å². The van der Waals surface area contributed by atoms with Gasteiger partial charge < -0.3 is 4.42 Å². The summed E-state index contributed by atoms with van der Waals surface area (Å²) < 4.78 is 6.70. The monoisotopic (exact) mass is 452 g/mol. The van der Waals surface area contributed by atoms with Gasteiger partial charge in [-0.05, 0) is 48.9 Å². The van der Waals surface area contributed by atoms with Crippen LogP contribution in [0.25, 0.3) is 44.9 Å². The highest BCUT2D eigenvalue weighted by molar-refractivity contribution is 5.77. The van der Waals surface area contributed by atoms with Gasteiger partial charge >= 0.3 is 0 Å². The van der Waals surface area contributed by atoms with E-state index in [0.29, 0.717) is 0 Å². The van der Waals surface area contributed by atoms with Gasteiger partial charge in [0.1, 0.15) is 11.5 Å². The first-order valence-electron chi connectivity index (χ1n) is 12.3. The normalized spacial score (nSPS) is 13.1. The Kier molecular flexibility index (Phi) is 5.47. The van der Waals surface area contributed by atoms with Gasteiger partial charge in [-0.15, -0.1) is 0 Å². The molecule has 4 aromatic carbocycles. The number of benzene rings is 4. The maximum atomic E-state index is 6.70. The second-order valence-electron chi connectivity index (χ2n) is 9.52. The summed E-state index contributed by atoms with van der Waals surface area (Å²) in [6, 6.07) is 38.6. The fourth-order valence-electron chi connectivity index (χ4n) is 5.06. The molecule has 1 aliphatic rings. The van der Waals surface area contributed by atoms with E-state index in [1.807, 2.05) is 0 Å². The highest BCUT2D eigenvalue weighted by Crippen LogP contribution is 2.43. The van der Waals surface area contributed by atoms with Crippen LogP contribution in [-0.2, 0) is 12.8 Å². The molecule has 1 aliphatic carbocycles. The molecule has 170 valence electrons. The van der Waals surface area contributed by atoms with Crippen LogP contribution in [0.4, 0.5) is 0 Å². The van der Waals surface area contributed by atoms with Gasteiger partial charge in [-0.1, -0.05) is 120 Å². The molecular weight excluding hydrogens is 424 g/mol. The van der Waals surface area contributed by atoms with E-state index in [4.69, 9.17) is 4.42 Å². The fraction of sp³-hybridized carbons (Fsp3) is 0.118. The Labute approximate surface area is 207 Å². The highest BCUT2D eigenvalue weighted by Gasteiger charge is 2.26. The van der Waals surface area contributed by atoms with E-state index in [9.17, 15) is 0 Å². The van der Waals surface area contributed by atoms with Gasteiger partial charge in [-0.3, -0.25) is 0 Å². The molecule has 1 nitrogen and oxygen atoms in total. The van der Waals surface area contributed by atoms with Crippen LogP contribution in [0.5, 0.6) is 0 Å². The van der Waals surface area contributed by atoms with Crippen molar-refractivity contribution in [3.63, 3.8) is 0 Å². The predicted molar refractivity (Wildman–Crippen MR) is 146 cm³/mol. The van der Waals surface area contributed by atoms with E-state index < -0.39 is 0 Å². The van der Waals surface area contributed by atoms with Crippen molar-refractivity contribution in [3.05, 3.63) is 131 Å². The lowest BCUT2D eigenvalue weighted by Crippen LogP contribution is -2.05. The largest absolute Gasteiger partial charge is 0.455 e. The van der Waals surface area contributed by atoms with E-state index in [0.717, 1.165) is 35.5 Å². The van der Waals surface area contributed by atoms with Crippen LogP contribution < -0.4 is 0 Å². The third-order valence-corrected chi connectivity index (χ3v) is 7.24. The number of hydrogen-bond donors (Lipinski definition) is 0. The topological polar surface area (TPSA) is 13.1 Å². The molecule has 0 spiro atoms. The molecule has 0 saturated carbocycles. The van der Waals surface area contributed by atoms with Gasteiger partial charge in [-0.25, -0.2) is 0 Å². The van der Waals surface area contributed by atoms with Crippen LogP contribution in [0.1, 0.15) is 25.0 Å². The fourth-order valence-corrected chi connectivity index (χ4v) is 5.06. The summed E-state index contributed by atoms with van der Waals surface area (Å²) in [5, 5.41) is 0. The van der Waals surface area contributed by atoms with Crippen LogP contribution in [0, 0.1) is 0 Å². The Bertz CT molecular complexity index is 1380. The first kappa shape index (κ1) is 21.4. The van der Waals surface area contributed by atoms with Crippen molar-refractivity contribution in [1.29, 1.82) is 0 Å². The molecule has 0 aliphatic heterocycles. The van der Waals surface area contributed by atoms with E-state index in [-0.39, 0.29) is 0 Å². The smallest absolute Gasteiger partial charge is 0.138 e. The SMILES string of the molecule is CC1=C(C)Cc2c(-c3ccc(-c4ccccc4)cc3)oc(-c3ccc(-c4ccccc4)cc3)c2C1. The Hall–Kier alpha value is -4.10. The molecule has 0 bridgehead atoms. The first-order chi connectivity index (χ1) is 17.2. The van der Waals surface area contributed by atoms with Crippen molar-refractivity contribution in [2.24, 2.45) is 0 Å². The number of fused-ring (bicyclic) bond motifs is 1. The summed E-state index contributed by atoms with van der Waals surface area (Å²) in [5.74, 6) is 2.02. The Morgan fingerprint density at radius 2 is 0.714 bits per heavy atom. The van der Waals surface area contributed by atoms with Crippen molar-refractivity contribution in [2.45, 2.75) is 26.7 Å². The zero-order chi connectivity index (χ0) is 23.8. The molecule has 1 aromatic heterocycles. The molecule has 0 atom stereocenters. The Balaban J connectivity index is 1.41. The summed E-state index contributed by atoms with van der Waals surface area (Å²) in [5.41, 5.74) is 12.8. The maximum absolute atomic E-state index is 6.70. The molecule has 0 amide bonds. The summed E-state index contributed by atoms with van der Waals surface area (Å²) >= 11 is 0. The summed E-state index contributed by atoms with van der Waals surface area (Å²) in [6.45, 7) is 4.50. The molecule has 0 unspecified atom stereocenters. The van der Waals surface area contributed by atoms with Crippen LogP contribution in [0.2, 0.25) is 0 Å². The van der Waals surface area contributed by atoms with Gasteiger partial charge in [-0.2, -0.15) is 0 Å². The van der Waals surface area contributed by atoms with Crippen LogP contribution >= 0.6 is 0 Å². The second-order valence-corrected chi connectivity index (χ2v) is 9.52. The Morgan fingerprint density at radius 3 is 1.09 bits per heavy atom. The molecule has 0 fully saturated rings. The van der Waals surface area contributed by atoms with Gasteiger partial charge in [0.25, 0.3) is 0 Å². The van der Waals surface area contributed by atoms with Crippen molar-refractivity contribution < 1.29 is 4.42 Å². The molecule has 1 heterocycles. The van der Waals surface area contributed by atoms with Gasteiger partial charge in [0, 0.05) is 22.3 Å². The minimum absolute atomic E-state index is 0.947. The Morgan fingerprint density at radius 1 is 0.400 bits per heavy atom. The molecule has 5 aromatic rings. The van der Waals surface area contributed by atoms with Gasteiger partial charge in [0.2, 0.25) is 0 Å². The van der Waals surface area contributed by atoms with Crippen molar-refractivity contribution in [2.75, 3.05) is 0 Å². The minimum atomic E-state index is 0.947. The van der Waals surface area contributed by atoms with Gasteiger partial charge in [0.05, 0.1) is 0 Å². The molecule has 0 radical (unpaired) electrons. The number of furan rings is 1. The van der Waals surface area contributed by atoms with Crippen LogP contribution in [0.15, 0.2) is 125 Å². The average molecular weight is 453 g/mol. The molecule has 0 N–H and O–H groups in total. The van der Waals surface area contributed by atoms with Crippen molar-refractivity contribution in [1.82, 2.24) is 0 Å². The lowest BCUT2D eigenvalue weighted by Gasteiger charge is -2.17. The van der Waals surface area contributed by atoms with E-state index in [1.54, 1.807) is 0 Å². The highest BCUT2D eigenvalue weighted by atomic mass is 16.3. The molecule has 35 heavy (non-hydrogen) atoms. The number of hydrogen-bond acceptors (Lipinski definition) is 1. The average Bonchev–Trinajstić information content (AvgIpc) is 3.28. The van der Waals surface area contributed by atoms with Gasteiger partial charge in [0.15, 0.2) is 0 Å². The van der Waals surface area contributed by atoms with Crippen LogP contribution in [-0.4, -0.2) is 0 Å². The quantitative estimate of drug-likeness (QED) is 0.248. The maximum Gasteiger partial charge on any atom is 0.138 e. The van der Waals surface area contributed by atoms with E-state index >= 15 is 0 Å². The summed E-state index contributed by atoms with van der Waals surface area (Å²) in [7, 11) is 0. The summed E-state index contributed by atoms with van der Waals surface area (Å²) in [4.78, 5) is 0. The van der Waals surface area contributed by atoms with Crippen molar-refractivity contribution in [3.8, 4) is 44.9 Å².